The van der Waals surface area contributed by atoms with Crippen LogP contribution in [0, 0.1) is 0 Å². The topological polar surface area (TPSA) is 55.6 Å². The van der Waals surface area contributed by atoms with Gasteiger partial charge in [0, 0.05) is 17.1 Å². The van der Waals surface area contributed by atoms with Crippen molar-refractivity contribution in [3.63, 3.8) is 0 Å². The van der Waals surface area contributed by atoms with Crippen molar-refractivity contribution in [3.8, 4) is 5.75 Å². The highest BCUT2D eigenvalue weighted by Crippen LogP contribution is 2.22. The first-order valence-corrected chi connectivity index (χ1v) is 7.28. The number of rotatable bonds is 5. The van der Waals surface area contributed by atoms with Crippen LogP contribution >= 0.6 is 11.3 Å². The number of benzene rings is 1. The largest absolute Gasteiger partial charge is 0.497 e. The Balaban J connectivity index is 2.23. The monoisotopic (exact) mass is 290 g/mol. The Morgan fingerprint density at radius 3 is 2.80 bits per heavy atom. The number of methoxy groups -OCH3 is 1. The number of nitrogen functional groups attached to an aromatic ring is 1. The number of hydrogen-bond donors (Lipinski definition) is 1. The zero-order chi connectivity index (χ0) is 14.5. The van der Waals surface area contributed by atoms with E-state index in [0.29, 0.717) is 30.1 Å². The van der Waals surface area contributed by atoms with E-state index in [-0.39, 0.29) is 5.91 Å². The van der Waals surface area contributed by atoms with Gasteiger partial charge in [0.15, 0.2) is 0 Å². The second kappa shape index (κ2) is 6.43. The van der Waals surface area contributed by atoms with Gasteiger partial charge >= 0.3 is 0 Å². The molecule has 0 fully saturated rings. The summed E-state index contributed by atoms with van der Waals surface area (Å²) in [5, 5.41) is 2.01. The Labute approximate surface area is 122 Å². The number of hydrogen-bond acceptors (Lipinski definition) is 4. The van der Waals surface area contributed by atoms with E-state index < -0.39 is 0 Å². The molecule has 0 saturated heterocycles. The summed E-state index contributed by atoms with van der Waals surface area (Å²) >= 11 is 1.64. The van der Waals surface area contributed by atoms with Crippen molar-refractivity contribution in [1.29, 1.82) is 0 Å². The summed E-state index contributed by atoms with van der Waals surface area (Å²) in [7, 11) is 1.57. The van der Waals surface area contributed by atoms with Gasteiger partial charge in [0.05, 0.1) is 19.2 Å². The number of carbonyl (C=O) groups is 1. The molecule has 0 atom stereocenters. The molecule has 0 saturated carbocycles. The maximum atomic E-state index is 12.6. The van der Waals surface area contributed by atoms with Crippen molar-refractivity contribution in [2.75, 3.05) is 19.4 Å². The minimum absolute atomic E-state index is 0.0719. The van der Waals surface area contributed by atoms with Gasteiger partial charge in [-0.2, -0.15) is 0 Å². The molecule has 1 aromatic carbocycles. The minimum Gasteiger partial charge on any atom is -0.497 e. The van der Waals surface area contributed by atoms with Crippen molar-refractivity contribution in [3.05, 3.63) is 46.2 Å². The van der Waals surface area contributed by atoms with Crippen LogP contribution in [0.1, 0.15) is 22.2 Å². The zero-order valence-corrected chi connectivity index (χ0v) is 12.4. The van der Waals surface area contributed by atoms with Crippen LogP contribution in [0.4, 0.5) is 5.69 Å². The number of carbonyl (C=O) groups excluding carboxylic acids is 1. The molecular formula is C15H18N2O2S. The molecule has 20 heavy (non-hydrogen) atoms. The van der Waals surface area contributed by atoms with Gasteiger partial charge in [-0.05, 0) is 36.6 Å². The molecular weight excluding hydrogens is 272 g/mol. The lowest BCUT2D eigenvalue weighted by Gasteiger charge is -2.21. The first-order chi connectivity index (χ1) is 9.65. The quantitative estimate of drug-likeness (QED) is 0.861. The molecule has 0 aliphatic carbocycles. The maximum Gasteiger partial charge on any atom is 0.256 e. The van der Waals surface area contributed by atoms with Crippen LogP contribution < -0.4 is 10.5 Å². The van der Waals surface area contributed by atoms with Crippen LogP contribution in [0.3, 0.4) is 0 Å². The van der Waals surface area contributed by atoms with E-state index in [1.807, 2.05) is 24.4 Å². The van der Waals surface area contributed by atoms with Crippen molar-refractivity contribution in [2.45, 2.75) is 13.5 Å². The highest BCUT2D eigenvalue weighted by atomic mass is 32.1. The molecule has 2 aromatic rings. The highest BCUT2D eigenvalue weighted by molar-refractivity contribution is 7.09. The van der Waals surface area contributed by atoms with Crippen molar-refractivity contribution >= 4 is 22.9 Å². The molecule has 4 nitrogen and oxygen atoms in total. The average molecular weight is 290 g/mol. The lowest BCUT2D eigenvalue weighted by Crippen LogP contribution is -2.30. The molecule has 0 unspecified atom stereocenters. The highest BCUT2D eigenvalue weighted by Gasteiger charge is 2.18. The summed E-state index contributed by atoms with van der Waals surface area (Å²) in [6.45, 7) is 3.19. The summed E-state index contributed by atoms with van der Waals surface area (Å²) < 4.78 is 5.16. The lowest BCUT2D eigenvalue weighted by molar-refractivity contribution is 0.0755. The Hall–Kier alpha value is -2.01. The summed E-state index contributed by atoms with van der Waals surface area (Å²) in [6, 6.07) is 9.15. The molecule has 106 valence electrons. The van der Waals surface area contributed by atoms with Gasteiger partial charge in [-0.15, -0.1) is 11.3 Å². The second-order valence-corrected chi connectivity index (χ2v) is 5.38. The molecule has 1 amide bonds. The van der Waals surface area contributed by atoms with Crippen molar-refractivity contribution < 1.29 is 9.53 Å². The van der Waals surface area contributed by atoms with Crippen molar-refractivity contribution in [2.24, 2.45) is 0 Å². The molecule has 0 aliphatic heterocycles. The molecule has 1 aromatic heterocycles. The third-order valence-corrected chi connectivity index (χ3v) is 3.95. The van der Waals surface area contributed by atoms with E-state index in [0.717, 1.165) is 4.88 Å². The summed E-state index contributed by atoms with van der Waals surface area (Å²) in [5.41, 5.74) is 6.87. The Morgan fingerprint density at radius 2 is 2.20 bits per heavy atom. The normalized spacial score (nSPS) is 10.3. The van der Waals surface area contributed by atoms with Gasteiger partial charge in [0.1, 0.15) is 5.75 Å². The molecule has 5 heteroatoms. The number of amides is 1. The Kier molecular flexibility index (Phi) is 4.63. The molecule has 2 N–H and O–H groups in total. The first kappa shape index (κ1) is 14.4. The van der Waals surface area contributed by atoms with Gasteiger partial charge < -0.3 is 15.4 Å². The average Bonchev–Trinajstić information content (AvgIpc) is 2.97. The first-order valence-electron chi connectivity index (χ1n) is 6.41. The number of thiophene rings is 1. The van der Waals surface area contributed by atoms with Crippen LogP contribution in [-0.2, 0) is 6.54 Å². The van der Waals surface area contributed by atoms with E-state index in [1.165, 1.54) is 0 Å². The summed E-state index contributed by atoms with van der Waals surface area (Å²) in [4.78, 5) is 15.5. The predicted molar refractivity (Wildman–Crippen MR) is 82.1 cm³/mol. The number of ether oxygens (including phenoxy) is 1. The van der Waals surface area contributed by atoms with Crippen LogP contribution in [0.2, 0.25) is 0 Å². The molecule has 0 bridgehead atoms. The fourth-order valence-corrected chi connectivity index (χ4v) is 2.66. The Morgan fingerprint density at radius 1 is 1.40 bits per heavy atom. The van der Waals surface area contributed by atoms with Crippen LogP contribution in [0.25, 0.3) is 0 Å². The molecule has 1 heterocycles. The van der Waals surface area contributed by atoms with E-state index in [1.54, 1.807) is 41.5 Å². The van der Waals surface area contributed by atoms with Crippen molar-refractivity contribution in [1.82, 2.24) is 4.90 Å². The standard InChI is InChI=1S/C15H18N2O2S/c1-3-17(10-12-5-4-8-20-12)15(18)13-9-11(19-2)6-7-14(13)16/h4-9H,3,10,16H2,1-2H3. The predicted octanol–water partition coefficient (Wildman–Crippen LogP) is 3.00. The molecule has 0 radical (unpaired) electrons. The fraction of sp³-hybridized carbons (Fsp3) is 0.267. The summed E-state index contributed by atoms with van der Waals surface area (Å²) in [5.74, 6) is 0.562. The van der Waals surface area contributed by atoms with E-state index in [4.69, 9.17) is 10.5 Å². The van der Waals surface area contributed by atoms with Crippen LogP contribution in [0.15, 0.2) is 35.7 Å². The fourth-order valence-electron chi connectivity index (χ4n) is 1.94. The van der Waals surface area contributed by atoms with Gasteiger partial charge in [-0.3, -0.25) is 4.79 Å². The Bertz CT molecular complexity index is 582. The smallest absolute Gasteiger partial charge is 0.256 e. The van der Waals surface area contributed by atoms with E-state index in [2.05, 4.69) is 0 Å². The maximum absolute atomic E-state index is 12.6. The van der Waals surface area contributed by atoms with Crippen LogP contribution in [0.5, 0.6) is 5.75 Å². The number of nitrogens with two attached hydrogens (primary N) is 1. The number of nitrogens with zero attached hydrogens (tertiary/aromatic N) is 1. The van der Waals surface area contributed by atoms with Gasteiger partial charge in [-0.1, -0.05) is 6.07 Å². The third kappa shape index (κ3) is 3.11. The van der Waals surface area contributed by atoms with Crippen LogP contribution in [-0.4, -0.2) is 24.5 Å². The number of anilines is 1. The SMILES string of the molecule is CCN(Cc1cccs1)C(=O)c1cc(OC)ccc1N. The lowest BCUT2D eigenvalue weighted by atomic mass is 10.1. The van der Waals surface area contributed by atoms with Gasteiger partial charge in [0.2, 0.25) is 0 Å². The molecule has 2 rings (SSSR count). The van der Waals surface area contributed by atoms with Gasteiger partial charge in [0.25, 0.3) is 5.91 Å². The molecule has 0 spiro atoms. The minimum atomic E-state index is -0.0719. The zero-order valence-electron chi connectivity index (χ0n) is 11.6. The van der Waals surface area contributed by atoms with Gasteiger partial charge in [-0.25, -0.2) is 0 Å². The van der Waals surface area contributed by atoms with E-state index >= 15 is 0 Å². The summed E-state index contributed by atoms with van der Waals surface area (Å²) in [6.07, 6.45) is 0. The molecule has 0 aliphatic rings. The van der Waals surface area contributed by atoms with E-state index in [9.17, 15) is 4.79 Å². The second-order valence-electron chi connectivity index (χ2n) is 4.35. The third-order valence-electron chi connectivity index (χ3n) is 3.09.